The number of hydrogen-bond acceptors (Lipinski definition) is 4. The van der Waals surface area contributed by atoms with Crippen molar-refractivity contribution in [2.24, 2.45) is 0 Å². The first kappa shape index (κ1) is 24.2. The molecule has 3 N–H and O–H groups in total. The van der Waals surface area contributed by atoms with Gasteiger partial charge in [0, 0.05) is 28.9 Å². The van der Waals surface area contributed by atoms with Crippen molar-refractivity contribution >= 4 is 33.9 Å². The largest absolute Gasteiger partial charge is 0.457 e. The Morgan fingerprint density at radius 2 is 1.73 bits per heavy atom. The Kier molecular flexibility index (Phi) is 6.68. The van der Waals surface area contributed by atoms with Crippen LogP contribution in [0, 0.1) is 0 Å². The summed E-state index contributed by atoms with van der Waals surface area (Å²) in [5.41, 5.74) is 2.29. The molecule has 0 saturated heterocycles. The number of fused-ring (bicyclic) bond motifs is 2. The number of para-hydroxylation sites is 2. The normalized spacial score (nSPS) is 13.7. The number of ether oxygens (including phenoxy) is 1. The Morgan fingerprint density at radius 3 is 2.54 bits per heavy atom. The fourth-order valence-corrected chi connectivity index (χ4v) is 4.53. The van der Waals surface area contributed by atoms with Gasteiger partial charge < -0.3 is 24.8 Å². The maximum absolute atomic E-state index is 13.6. The lowest BCUT2D eigenvalue weighted by Crippen LogP contribution is -2.58. The van der Waals surface area contributed by atoms with Crippen LogP contribution in [0.25, 0.3) is 21.9 Å². The van der Waals surface area contributed by atoms with Gasteiger partial charge in [-0.2, -0.15) is 0 Å². The summed E-state index contributed by atoms with van der Waals surface area (Å²) in [6.45, 7) is 3.58. The van der Waals surface area contributed by atoms with E-state index in [-0.39, 0.29) is 25.0 Å². The minimum Gasteiger partial charge on any atom is -0.457 e. The summed E-state index contributed by atoms with van der Waals surface area (Å²) in [7, 11) is 0. The van der Waals surface area contributed by atoms with Crippen LogP contribution < -0.4 is 10.6 Å². The van der Waals surface area contributed by atoms with Crippen LogP contribution in [-0.2, 0) is 22.6 Å². The lowest BCUT2D eigenvalue weighted by Gasteiger charge is -2.30. The first-order chi connectivity index (χ1) is 17.9. The monoisotopic (exact) mass is 495 g/mol. The highest BCUT2D eigenvalue weighted by molar-refractivity contribution is 5.91. The number of H-pyrrole nitrogens is 1. The number of benzene rings is 3. The fourth-order valence-electron chi connectivity index (χ4n) is 4.53. The molecule has 2 heterocycles. The molecule has 0 bridgehead atoms. The average molecular weight is 496 g/mol. The molecule has 0 aliphatic heterocycles. The van der Waals surface area contributed by atoms with Crippen molar-refractivity contribution < 1.29 is 18.7 Å². The van der Waals surface area contributed by atoms with E-state index in [1.807, 2.05) is 98.0 Å². The summed E-state index contributed by atoms with van der Waals surface area (Å²) in [5.74, 6) is 0.214. The maximum Gasteiger partial charge on any atom is 0.408 e. The smallest absolute Gasteiger partial charge is 0.408 e. The van der Waals surface area contributed by atoms with Gasteiger partial charge in [-0.05, 0) is 43.2 Å². The number of aromatic amines is 1. The number of nitrogens with one attached hydrogen (secondary N) is 3. The van der Waals surface area contributed by atoms with Gasteiger partial charge in [0.05, 0.1) is 6.04 Å². The molecular formula is C30H29N3O4. The summed E-state index contributed by atoms with van der Waals surface area (Å²) in [5, 5.41) is 7.81. The van der Waals surface area contributed by atoms with E-state index in [1.165, 1.54) is 0 Å². The first-order valence-corrected chi connectivity index (χ1v) is 12.2. The molecule has 3 aromatic carbocycles. The topological polar surface area (TPSA) is 96.4 Å². The van der Waals surface area contributed by atoms with Gasteiger partial charge in [-0.15, -0.1) is 0 Å². The molecule has 2 atom stereocenters. The van der Waals surface area contributed by atoms with Crippen molar-refractivity contribution in [2.75, 3.05) is 0 Å². The molecule has 5 aromatic rings. The first-order valence-electron chi connectivity index (χ1n) is 12.2. The number of rotatable bonds is 8. The Bertz CT molecular complexity index is 1510. The quantitative estimate of drug-likeness (QED) is 0.245. The van der Waals surface area contributed by atoms with Crippen molar-refractivity contribution in [3.05, 3.63) is 108 Å². The SMILES string of the molecule is CC(NC(=O)[C@@](C)(Cc1c[nH]c2ccccc12)NC(=O)OCc1cc2ccccc2o1)c1ccccc1. The molecule has 2 aromatic heterocycles. The van der Waals surface area contributed by atoms with E-state index in [9.17, 15) is 9.59 Å². The number of hydrogen-bond donors (Lipinski definition) is 3. The third kappa shape index (κ3) is 5.35. The summed E-state index contributed by atoms with van der Waals surface area (Å²) in [6, 6.07) is 26.7. The Balaban J connectivity index is 1.34. The molecule has 0 fully saturated rings. The Morgan fingerprint density at radius 1 is 1.00 bits per heavy atom. The molecule has 0 aliphatic rings. The predicted molar refractivity (Wildman–Crippen MR) is 143 cm³/mol. The van der Waals surface area contributed by atoms with E-state index in [0.29, 0.717) is 5.76 Å². The third-order valence-electron chi connectivity index (χ3n) is 6.57. The number of furan rings is 1. The second-order valence-electron chi connectivity index (χ2n) is 9.43. The zero-order valence-corrected chi connectivity index (χ0v) is 20.8. The van der Waals surface area contributed by atoms with Gasteiger partial charge in [-0.1, -0.05) is 66.7 Å². The van der Waals surface area contributed by atoms with E-state index in [1.54, 1.807) is 6.92 Å². The lowest BCUT2D eigenvalue weighted by molar-refractivity contribution is -0.127. The van der Waals surface area contributed by atoms with Crippen LogP contribution in [0.5, 0.6) is 0 Å². The van der Waals surface area contributed by atoms with E-state index in [4.69, 9.17) is 9.15 Å². The van der Waals surface area contributed by atoms with Gasteiger partial charge in [-0.3, -0.25) is 4.79 Å². The molecule has 188 valence electrons. The van der Waals surface area contributed by atoms with Gasteiger partial charge in [0.15, 0.2) is 6.61 Å². The maximum atomic E-state index is 13.6. The minimum atomic E-state index is -1.28. The van der Waals surface area contributed by atoms with Crippen LogP contribution in [0.2, 0.25) is 0 Å². The molecule has 7 heteroatoms. The molecule has 2 amide bonds. The Labute approximate surface area is 214 Å². The van der Waals surface area contributed by atoms with E-state index >= 15 is 0 Å². The number of alkyl carbamates (subject to hydrolysis) is 1. The van der Waals surface area contributed by atoms with Gasteiger partial charge in [0.25, 0.3) is 0 Å². The minimum absolute atomic E-state index is 0.0499. The second kappa shape index (κ2) is 10.2. The molecule has 1 unspecified atom stereocenters. The Hall–Kier alpha value is -4.52. The third-order valence-corrected chi connectivity index (χ3v) is 6.57. The fraction of sp³-hybridized carbons (Fsp3) is 0.200. The van der Waals surface area contributed by atoms with Crippen LogP contribution in [0.3, 0.4) is 0 Å². The molecule has 0 saturated carbocycles. The summed E-state index contributed by atoms with van der Waals surface area (Å²) in [6.07, 6.45) is 1.44. The van der Waals surface area contributed by atoms with Gasteiger partial charge in [0.1, 0.15) is 16.9 Å². The second-order valence-corrected chi connectivity index (χ2v) is 9.43. The van der Waals surface area contributed by atoms with Crippen LogP contribution in [0.4, 0.5) is 4.79 Å². The molecule has 0 aliphatic carbocycles. The standard InChI is InChI=1S/C30H29N3O4/c1-20(21-10-4-3-5-11-21)32-28(34)30(2,17-23-18-31-26-14-8-7-13-25(23)26)33-29(35)36-19-24-16-22-12-6-9-15-27(22)37-24/h3-16,18,20,31H,17,19H2,1-2H3,(H,32,34)(H,33,35)/t20?,30-/m1/s1. The van der Waals surface area contributed by atoms with Gasteiger partial charge >= 0.3 is 6.09 Å². The van der Waals surface area contributed by atoms with Crippen molar-refractivity contribution in [1.82, 2.24) is 15.6 Å². The predicted octanol–water partition coefficient (Wildman–Crippen LogP) is 6.02. The number of aromatic nitrogens is 1. The van der Waals surface area contributed by atoms with Crippen molar-refractivity contribution in [1.29, 1.82) is 0 Å². The van der Waals surface area contributed by atoms with E-state index in [0.717, 1.165) is 33.0 Å². The van der Waals surface area contributed by atoms with Crippen molar-refractivity contribution in [3.8, 4) is 0 Å². The number of carbonyl (C=O) groups excluding carboxylic acids is 2. The van der Waals surface area contributed by atoms with Crippen LogP contribution in [0.1, 0.15) is 36.8 Å². The lowest BCUT2D eigenvalue weighted by atomic mass is 9.91. The highest BCUT2D eigenvalue weighted by Gasteiger charge is 2.37. The zero-order chi connectivity index (χ0) is 25.8. The molecular weight excluding hydrogens is 466 g/mol. The van der Waals surface area contributed by atoms with Gasteiger partial charge in [-0.25, -0.2) is 4.79 Å². The summed E-state index contributed by atoms with van der Waals surface area (Å²) in [4.78, 5) is 29.8. The molecule has 37 heavy (non-hydrogen) atoms. The zero-order valence-electron chi connectivity index (χ0n) is 20.8. The number of amides is 2. The average Bonchev–Trinajstić information content (AvgIpc) is 3.51. The van der Waals surface area contributed by atoms with Crippen LogP contribution >= 0.6 is 0 Å². The number of carbonyl (C=O) groups is 2. The molecule has 5 rings (SSSR count). The van der Waals surface area contributed by atoms with Crippen LogP contribution in [0.15, 0.2) is 95.5 Å². The summed E-state index contributed by atoms with van der Waals surface area (Å²) < 4.78 is 11.2. The van der Waals surface area contributed by atoms with Gasteiger partial charge in [0.2, 0.25) is 5.91 Å². The molecule has 7 nitrogen and oxygen atoms in total. The van der Waals surface area contributed by atoms with Crippen LogP contribution in [-0.4, -0.2) is 22.5 Å². The van der Waals surface area contributed by atoms with E-state index in [2.05, 4.69) is 15.6 Å². The van der Waals surface area contributed by atoms with Crippen molar-refractivity contribution in [2.45, 2.75) is 38.5 Å². The van der Waals surface area contributed by atoms with E-state index < -0.39 is 11.6 Å². The molecule has 0 spiro atoms. The van der Waals surface area contributed by atoms with Crippen molar-refractivity contribution in [3.63, 3.8) is 0 Å². The molecule has 0 radical (unpaired) electrons. The summed E-state index contributed by atoms with van der Waals surface area (Å²) >= 11 is 0. The highest BCUT2D eigenvalue weighted by atomic mass is 16.6. The highest BCUT2D eigenvalue weighted by Crippen LogP contribution is 2.24.